The van der Waals surface area contributed by atoms with Crippen molar-refractivity contribution in [2.75, 3.05) is 71.0 Å². The second kappa shape index (κ2) is 14.1. The molecule has 2 aromatic rings. The smallest absolute Gasteiger partial charge is 0.300 e. The lowest BCUT2D eigenvalue weighted by molar-refractivity contribution is -0.130. The molecule has 4 heterocycles. The molecule has 46 heavy (non-hydrogen) atoms. The van der Waals surface area contributed by atoms with E-state index in [0.29, 0.717) is 33.5 Å². The number of aromatic nitrogens is 2. The van der Waals surface area contributed by atoms with Crippen molar-refractivity contribution in [2.24, 2.45) is 0 Å². The van der Waals surface area contributed by atoms with Crippen molar-refractivity contribution in [3.63, 3.8) is 0 Å². The molecule has 5 rings (SSSR count). The predicted molar refractivity (Wildman–Crippen MR) is 181 cm³/mol. The largest absolute Gasteiger partial charge is 0.483 e. The zero-order valence-electron chi connectivity index (χ0n) is 25.8. The van der Waals surface area contributed by atoms with Gasteiger partial charge >= 0.3 is 0 Å². The third-order valence-electron chi connectivity index (χ3n) is 8.80. The summed E-state index contributed by atoms with van der Waals surface area (Å²) in [5, 5.41) is 10.8. The van der Waals surface area contributed by atoms with Gasteiger partial charge in [-0.1, -0.05) is 17.7 Å². The Kier molecular flexibility index (Phi) is 10.8. The lowest BCUT2D eigenvalue weighted by Gasteiger charge is -2.43. The number of hydrogen-bond acceptors (Lipinski definition) is 12. The van der Waals surface area contributed by atoms with Gasteiger partial charge in [-0.2, -0.15) is 3.28 Å². The molecule has 3 aliphatic rings. The number of benzene rings is 1. The highest BCUT2D eigenvalue weighted by Gasteiger charge is 2.38. The van der Waals surface area contributed by atoms with Crippen LogP contribution in [-0.2, 0) is 27.5 Å². The molecule has 0 saturated carbocycles. The van der Waals surface area contributed by atoms with Gasteiger partial charge in [-0.05, 0) is 37.5 Å². The van der Waals surface area contributed by atoms with Gasteiger partial charge in [-0.15, -0.1) is 0 Å². The van der Waals surface area contributed by atoms with Crippen molar-refractivity contribution in [3.8, 4) is 5.75 Å². The number of aryl methyl sites for hydroxylation is 1. The SMILES string of the molecule is Cc1cc(C2CN(C3CCN(C(=O)CCS(C)(=O)=O)C3)C2)cc(N(O)I=O)c1O[C@@H](C)c1c(Cl)ncnc1N1CCS(=O)(=O)CC1. The van der Waals surface area contributed by atoms with Gasteiger partial charge in [-0.3, -0.25) is 14.9 Å². The van der Waals surface area contributed by atoms with Crippen LogP contribution < -0.4 is 12.9 Å². The fourth-order valence-corrected chi connectivity index (χ4v) is 8.79. The quantitative estimate of drug-likeness (QED) is 0.152. The first-order valence-corrected chi connectivity index (χ1v) is 21.0. The van der Waals surface area contributed by atoms with Crippen LogP contribution in [0, 0.1) is 6.92 Å². The van der Waals surface area contributed by atoms with E-state index >= 15 is 0 Å². The van der Waals surface area contributed by atoms with Crippen molar-refractivity contribution in [2.45, 2.75) is 44.8 Å². The van der Waals surface area contributed by atoms with Gasteiger partial charge in [0.05, 0.1) is 22.8 Å². The topological polar surface area (TPSA) is 171 Å². The number of anilines is 2. The molecule has 254 valence electrons. The Morgan fingerprint density at radius 1 is 1.20 bits per heavy atom. The molecule has 14 nitrogen and oxygen atoms in total. The van der Waals surface area contributed by atoms with E-state index in [-0.39, 0.29) is 65.5 Å². The number of rotatable bonds is 11. The first kappa shape index (κ1) is 35.1. The third-order valence-corrected chi connectivity index (χ3v) is 12.6. The van der Waals surface area contributed by atoms with Crippen LogP contribution in [0.3, 0.4) is 0 Å². The summed E-state index contributed by atoms with van der Waals surface area (Å²) in [6, 6.07) is 3.96. The molecule has 0 spiro atoms. The van der Waals surface area contributed by atoms with Gasteiger partial charge < -0.3 is 14.5 Å². The van der Waals surface area contributed by atoms with Crippen LogP contribution in [0.5, 0.6) is 5.75 Å². The second-order valence-electron chi connectivity index (χ2n) is 12.1. The number of nitrogens with zero attached hydrogens (tertiary/aromatic N) is 6. The number of carbonyl (C=O) groups is 1. The Balaban J connectivity index is 1.29. The Morgan fingerprint density at radius 2 is 1.89 bits per heavy atom. The minimum atomic E-state index is -3.20. The Morgan fingerprint density at radius 3 is 2.54 bits per heavy atom. The molecule has 0 aliphatic carbocycles. The number of halogens is 2. The number of hydrogen-bond donors (Lipinski definition) is 1. The van der Waals surface area contributed by atoms with E-state index in [4.69, 9.17) is 16.3 Å². The van der Waals surface area contributed by atoms with Crippen LogP contribution in [0.15, 0.2) is 18.5 Å². The molecule has 2 atom stereocenters. The van der Waals surface area contributed by atoms with Crippen molar-refractivity contribution in [3.05, 3.63) is 40.3 Å². The molecular weight excluding hydrogens is 775 g/mol. The normalized spacial score (nSPS) is 21.2. The number of sulfone groups is 2. The van der Waals surface area contributed by atoms with E-state index < -0.39 is 47.2 Å². The average molecular weight is 813 g/mol. The van der Waals surface area contributed by atoms with Crippen molar-refractivity contribution < 1.29 is 34.6 Å². The first-order valence-electron chi connectivity index (χ1n) is 14.9. The molecule has 3 fully saturated rings. The van der Waals surface area contributed by atoms with Gasteiger partial charge in [0.15, 0.2) is 9.84 Å². The average Bonchev–Trinajstić information content (AvgIpc) is 3.45. The maximum absolute atomic E-state index is 12.5. The molecule has 1 amide bonds. The van der Waals surface area contributed by atoms with Crippen LogP contribution in [0.1, 0.15) is 48.5 Å². The van der Waals surface area contributed by atoms with Crippen LogP contribution in [0.4, 0.5) is 11.5 Å². The second-order valence-corrected chi connectivity index (χ2v) is 18.4. The van der Waals surface area contributed by atoms with Gasteiger partial charge in [0.2, 0.25) is 5.91 Å². The van der Waals surface area contributed by atoms with Crippen LogP contribution >= 0.6 is 33.1 Å². The summed E-state index contributed by atoms with van der Waals surface area (Å²) in [6.07, 6.45) is 2.57. The number of ether oxygens (including phenoxy) is 1. The summed E-state index contributed by atoms with van der Waals surface area (Å²) < 4.78 is 66.0. The highest BCUT2D eigenvalue weighted by Crippen LogP contribution is 2.43. The number of likely N-dealkylation sites (tertiary alicyclic amines) is 2. The van der Waals surface area contributed by atoms with E-state index in [2.05, 4.69) is 14.9 Å². The van der Waals surface area contributed by atoms with Crippen LogP contribution in [-0.4, -0.2) is 117 Å². The van der Waals surface area contributed by atoms with Gasteiger partial charge in [0.25, 0.3) is 21.5 Å². The summed E-state index contributed by atoms with van der Waals surface area (Å²) >= 11 is 4.55. The maximum atomic E-state index is 12.5. The highest BCUT2D eigenvalue weighted by atomic mass is 127. The summed E-state index contributed by atoms with van der Waals surface area (Å²) in [5.41, 5.74) is 2.42. The van der Waals surface area contributed by atoms with E-state index in [9.17, 15) is 29.9 Å². The van der Waals surface area contributed by atoms with E-state index in [1.54, 1.807) is 17.9 Å². The lowest BCUT2D eigenvalue weighted by Crippen LogP contribution is -2.51. The van der Waals surface area contributed by atoms with Crippen molar-refractivity contribution >= 4 is 70.2 Å². The minimum absolute atomic E-state index is 0.00175. The minimum Gasteiger partial charge on any atom is -0.483 e. The van der Waals surface area contributed by atoms with Crippen LogP contribution in [0.2, 0.25) is 5.15 Å². The zero-order chi connectivity index (χ0) is 33.4. The highest BCUT2D eigenvalue weighted by molar-refractivity contribution is 14.1. The fraction of sp³-hybridized carbons (Fsp3) is 0.607. The first-order chi connectivity index (χ1) is 21.7. The van der Waals surface area contributed by atoms with Gasteiger partial charge in [-0.25, -0.2) is 29.9 Å². The molecule has 3 aliphatic heterocycles. The Bertz CT molecular complexity index is 1700. The third kappa shape index (κ3) is 8.08. The lowest BCUT2D eigenvalue weighted by atomic mass is 9.88. The molecule has 3 saturated heterocycles. The van der Waals surface area contributed by atoms with E-state index in [1.165, 1.54) is 6.33 Å². The molecule has 1 aromatic carbocycles. The predicted octanol–water partition coefficient (Wildman–Crippen LogP) is 2.67. The van der Waals surface area contributed by atoms with Gasteiger partial charge in [0.1, 0.15) is 44.7 Å². The van der Waals surface area contributed by atoms with E-state index in [1.807, 2.05) is 17.9 Å². The van der Waals surface area contributed by atoms with Gasteiger partial charge in [0, 0.05) is 63.9 Å². The maximum Gasteiger partial charge on any atom is 0.300 e. The molecule has 0 radical (unpaired) electrons. The fourth-order valence-electron chi connectivity index (χ4n) is 6.19. The molecular formula is C28H38ClIN6O8S2. The monoisotopic (exact) mass is 812 g/mol. The molecule has 0 bridgehead atoms. The summed E-state index contributed by atoms with van der Waals surface area (Å²) in [6.45, 7) is 6.79. The standard InChI is InChI=1S/C28H38ClIN6O8S2/c1-18-12-20(21-14-35(15-21)22-4-6-34(16-22)24(37)5-9-45(3,40)41)13-23(36(39)30-38)26(18)44-19(2)25-27(29)31-17-32-28(25)33-7-10-46(42,43)11-8-33/h12-13,17,19,21-22,39H,4-11,14-16H2,1-3H3/t19-,22?/m0/s1. The molecule has 1 unspecified atom stereocenters. The number of carbonyl (C=O) groups excluding carboxylic acids is 1. The Hall–Kier alpha value is -2.19. The Labute approximate surface area is 284 Å². The summed E-state index contributed by atoms with van der Waals surface area (Å²) in [4.78, 5) is 26.9. The van der Waals surface area contributed by atoms with Crippen LogP contribution in [0.25, 0.3) is 0 Å². The van der Waals surface area contributed by atoms with E-state index in [0.717, 1.165) is 36.9 Å². The molecule has 18 heteroatoms. The summed E-state index contributed by atoms with van der Waals surface area (Å²) in [7, 11) is -6.31. The van der Waals surface area contributed by atoms with Crippen molar-refractivity contribution in [1.29, 1.82) is 0 Å². The summed E-state index contributed by atoms with van der Waals surface area (Å²) in [5.74, 6) is 0.673. The van der Waals surface area contributed by atoms with Crippen molar-refractivity contribution in [1.82, 2.24) is 19.8 Å². The zero-order valence-corrected chi connectivity index (χ0v) is 30.3. The molecule has 1 aromatic heterocycles. The number of amides is 1. The molecule has 1 N–H and O–H groups in total.